The second-order valence-electron chi connectivity index (χ2n) is 7.23. The quantitative estimate of drug-likeness (QED) is 0.673. The molecule has 2 heterocycles. The highest BCUT2D eigenvalue weighted by Crippen LogP contribution is 2.20. The number of hydrogen-bond donors (Lipinski definition) is 2. The molecule has 6 heteroatoms. The number of benzene rings is 2. The summed E-state index contributed by atoms with van der Waals surface area (Å²) >= 11 is 0. The topological polar surface area (TPSA) is 73.5 Å². The molecule has 1 saturated heterocycles. The van der Waals surface area contributed by atoms with Crippen molar-refractivity contribution in [3.05, 3.63) is 84.3 Å². The van der Waals surface area contributed by atoms with E-state index in [-0.39, 0.29) is 17.7 Å². The molecule has 0 bridgehead atoms. The van der Waals surface area contributed by atoms with Gasteiger partial charge >= 0.3 is 0 Å². The Bertz CT molecular complexity index is 902. The zero-order valence-corrected chi connectivity index (χ0v) is 16.3. The summed E-state index contributed by atoms with van der Waals surface area (Å²) in [4.78, 5) is 17.0. The number of hydrogen-bond acceptors (Lipinski definition) is 4. The van der Waals surface area contributed by atoms with Gasteiger partial charge in [-0.2, -0.15) is 0 Å². The largest absolute Gasteiger partial charge is 0.508 e. The van der Waals surface area contributed by atoms with Gasteiger partial charge in [0.25, 0.3) is 5.91 Å². The molecule has 0 radical (unpaired) electrons. The number of phenolic OH excluding ortho intramolecular Hbond substituents is 1. The van der Waals surface area contributed by atoms with Gasteiger partial charge in [-0.05, 0) is 36.4 Å². The molecule has 1 amide bonds. The van der Waals surface area contributed by atoms with Crippen molar-refractivity contribution in [3.63, 3.8) is 0 Å². The Labute approximate surface area is 170 Å². The van der Waals surface area contributed by atoms with Gasteiger partial charge in [0.2, 0.25) is 0 Å². The third-order valence-corrected chi connectivity index (χ3v) is 5.38. The molecule has 1 fully saturated rings. The normalized spacial score (nSPS) is 15.3. The van der Waals surface area contributed by atoms with Gasteiger partial charge in [-0.15, -0.1) is 0 Å². The average molecular weight is 392 g/mol. The fourth-order valence-electron chi connectivity index (χ4n) is 3.77. The van der Waals surface area contributed by atoms with Gasteiger partial charge in [0, 0.05) is 37.4 Å². The molecule has 6 nitrogen and oxygen atoms in total. The first-order valence-corrected chi connectivity index (χ1v) is 9.94. The Hall–Kier alpha value is -3.25. The Morgan fingerprint density at radius 3 is 2.34 bits per heavy atom. The van der Waals surface area contributed by atoms with Crippen LogP contribution in [0.1, 0.15) is 17.4 Å². The Morgan fingerprint density at radius 2 is 1.69 bits per heavy atom. The standard InChI is InChI=1S/C23H25N3O3/c27-20-10-8-19(9-11-20)25-12-14-26(15-13-25)22(28)17-24-23(21-7-4-16-29-21)18-5-2-1-3-6-18/h1-11,16,23-24,27H,12-15,17H2/p+1/t23-/m0/s1. The van der Waals surface area contributed by atoms with Crippen molar-refractivity contribution >= 4 is 11.6 Å². The third kappa shape index (κ3) is 4.60. The molecular weight excluding hydrogens is 366 g/mol. The molecule has 1 aliphatic heterocycles. The summed E-state index contributed by atoms with van der Waals surface area (Å²) in [5, 5.41) is 11.5. The van der Waals surface area contributed by atoms with Gasteiger partial charge in [0.1, 0.15) is 5.75 Å². The fourth-order valence-corrected chi connectivity index (χ4v) is 3.77. The van der Waals surface area contributed by atoms with Gasteiger partial charge in [-0.25, -0.2) is 0 Å². The SMILES string of the molecule is O=C(C[NH2+][C@@H](c1ccccc1)c1ccco1)N1CCN(c2ccc(O)cc2)CC1. The Balaban J connectivity index is 1.34. The number of anilines is 1. The van der Waals surface area contributed by atoms with Gasteiger partial charge in [-0.3, -0.25) is 4.79 Å². The summed E-state index contributed by atoms with van der Waals surface area (Å²) in [5.41, 5.74) is 2.19. The van der Waals surface area contributed by atoms with E-state index in [1.165, 1.54) is 0 Å². The molecule has 2 aromatic carbocycles. The van der Waals surface area contributed by atoms with E-state index < -0.39 is 0 Å². The number of carbonyl (C=O) groups excluding carboxylic acids is 1. The number of aromatic hydroxyl groups is 1. The molecule has 0 unspecified atom stereocenters. The number of piperazine rings is 1. The molecule has 1 atom stereocenters. The number of rotatable bonds is 6. The van der Waals surface area contributed by atoms with Crippen LogP contribution in [0.3, 0.4) is 0 Å². The average Bonchev–Trinajstić information content (AvgIpc) is 3.30. The first-order chi connectivity index (χ1) is 14.2. The van der Waals surface area contributed by atoms with E-state index in [4.69, 9.17) is 4.42 Å². The Kier molecular flexibility index (Phi) is 5.81. The van der Waals surface area contributed by atoms with Crippen LogP contribution in [0.2, 0.25) is 0 Å². The molecule has 29 heavy (non-hydrogen) atoms. The number of amides is 1. The van der Waals surface area contributed by atoms with Crippen molar-refractivity contribution in [2.45, 2.75) is 6.04 Å². The summed E-state index contributed by atoms with van der Waals surface area (Å²) < 4.78 is 5.62. The summed E-state index contributed by atoms with van der Waals surface area (Å²) in [6.45, 7) is 3.35. The van der Waals surface area contributed by atoms with E-state index in [9.17, 15) is 9.90 Å². The van der Waals surface area contributed by atoms with Crippen LogP contribution in [0.5, 0.6) is 5.75 Å². The number of phenols is 1. The number of quaternary nitrogens is 1. The first-order valence-electron chi connectivity index (χ1n) is 9.94. The van der Waals surface area contributed by atoms with Crippen molar-refractivity contribution in [2.24, 2.45) is 0 Å². The molecule has 1 aliphatic rings. The predicted molar refractivity (Wildman–Crippen MR) is 111 cm³/mol. The minimum Gasteiger partial charge on any atom is -0.508 e. The second-order valence-corrected chi connectivity index (χ2v) is 7.23. The molecule has 150 valence electrons. The van der Waals surface area contributed by atoms with Crippen LogP contribution in [0.15, 0.2) is 77.4 Å². The molecule has 3 N–H and O–H groups in total. The highest BCUT2D eigenvalue weighted by Gasteiger charge is 2.25. The minimum absolute atomic E-state index is 0.0339. The molecule has 0 aliphatic carbocycles. The first kappa shape index (κ1) is 19.1. The fraction of sp³-hybridized carbons (Fsp3) is 0.261. The molecule has 0 spiro atoms. The molecule has 3 aromatic rings. The number of carbonyl (C=O) groups is 1. The Morgan fingerprint density at radius 1 is 0.966 bits per heavy atom. The third-order valence-electron chi connectivity index (χ3n) is 5.38. The van der Waals surface area contributed by atoms with Crippen LogP contribution in [-0.4, -0.2) is 48.6 Å². The van der Waals surface area contributed by atoms with E-state index in [0.29, 0.717) is 19.6 Å². The molecule has 1 aromatic heterocycles. The van der Waals surface area contributed by atoms with E-state index in [1.54, 1.807) is 18.4 Å². The zero-order chi connectivity index (χ0) is 20.1. The lowest BCUT2D eigenvalue weighted by Crippen LogP contribution is -2.88. The van der Waals surface area contributed by atoms with Crippen molar-refractivity contribution in [3.8, 4) is 5.75 Å². The van der Waals surface area contributed by atoms with E-state index in [2.05, 4.69) is 17.0 Å². The van der Waals surface area contributed by atoms with E-state index in [0.717, 1.165) is 30.1 Å². The zero-order valence-electron chi connectivity index (χ0n) is 16.3. The second kappa shape index (κ2) is 8.84. The van der Waals surface area contributed by atoms with Crippen molar-refractivity contribution < 1.29 is 19.6 Å². The molecule has 4 rings (SSSR count). The van der Waals surface area contributed by atoms with Crippen molar-refractivity contribution in [1.29, 1.82) is 0 Å². The summed E-state index contributed by atoms with van der Waals surface area (Å²) in [5.74, 6) is 1.26. The van der Waals surface area contributed by atoms with Crippen LogP contribution in [0.25, 0.3) is 0 Å². The lowest BCUT2D eigenvalue weighted by atomic mass is 10.0. The maximum atomic E-state index is 12.8. The van der Waals surface area contributed by atoms with Crippen molar-refractivity contribution in [2.75, 3.05) is 37.6 Å². The minimum atomic E-state index is -0.0339. The van der Waals surface area contributed by atoms with E-state index >= 15 is 0 Å². The lowest BCUT2D eigenvalue weighted by Gasteiger charge is -2.36. The lowest BCUT2D eigenvalue weighted by molar-refractivity contribution is -0.679. The van der Waals surface area contributed by atoms with Gasteiger partial charge in [0.15, 0.2) is 18.3 Å². The number of nitrogens with zero attached hydrogens (tertiary/aromatic N) is 2. The molecule has 0 saturated carbocycles. The van der Waals surface area contributed by atoms with Gasteiger partial charge in [-0.1, -0.05) is 30.3 Å². The summed E-state index contributed by atoms with van der Waals surface area (Å²) in [6.07, 6.45) is 1.67. The van der Waals surface area contributed by atoms with Gasteiger partial charge in [0.05, 0.1) is 6.26 Å². The van der Waals surface area contributed by atoms with Gasteiger partial charge < -0.3 is 24.6 Å². The van der Waals surface area contributed by atoms with Crippen LogP contribution in [0.4, 0.5) is 5.69 Å². The predicted octanol–water partition coefficient (Wildman–Crippen LogP) is 1.99. The van der Waals surface area contributed by atoms with Crippen LogP contribution < -0.4 is 10.2 Å². The van der Waals surface area contributed by atoms with Crippen LogP contribution >= 0.6 is 0 Å². The van der Waals surface area contributed by atoms with Crippen LogP contribution in [-0.2, 0) is 4.79 Å². The maximum Gasteiger partial charge on any atom is 0.277 e. The highest BCUT2D eigenvalue weighted by atomic mass is 16.3. The maximum absolute atomic E-state index is 12.8. The van der Waals surface area contributed by atoms with Crippen molar-refractivity contribution in [1.82, 2.24) is 4.90 Å². The smallest absolute Gasteiger partial charge is 0.277 e. The highest BCUT2D eigenvalue weighted by molar-refractivity contribution is 5.77. The number of furan rings is 1. The summed E-state index contributed by atoms with van der Waals surface area (Å²) in [6, 6.07) is 21.1. The monoisotopic (exact) mass is 392 g/mol. The van der Waals surface area contributed by atoms with Crippen LogP contribution in [0, 0.1) is 0 Å². The van der Waals surface area contributed by atoms with E-state index in [1.807, 2.05) is 52.7 Å². The number of nitrogens with two attached hydrogens (primary N) is 1. The molecular formula is C23H26N3O3+. The summed E-state index contributed by atoms with van der Waals surface area (Å²) in [7, 11) is 0.